The van der Waals surface area contributed by atoms with Gasteiger partial charge >= 0.3 is 0 Å². The lowest BCUT2D eigenvalue weighted by atomic mass is 9.96. The summed E-state index contributed by atoms with van der Waals surface area (Å²) >= 11 is 0. The van der Waals surface area contributed by atoms with E-state index >= 15 is 0 Å². The molecule has 40 heavy (non-hydrogen) atoms. The first-order chi connectivity index (χ1) is 19.7. The number of fused-ring (bicyclic) bond motifs is 1. The number of aromatic nitrogens is 1. The smallest absolute Gasteiger partial charge is 0.130 e. The van der Waals surface area contributed by atoms with E-state index in [0.717, 1.165) is 76.4 Å². The van der Waals surface area contributed by atoms with Crippen LogP contribution in [0, 0.1) is 11.7 Å². The average molecular weight is 545 g/mol. The maximum atomic E-state index is 13.9. The van der Waals surface area contributed by atoms with Crippen molar-refractivity contribution in [3.05, 3.63) is 84.3 Å². The van der Waals surface area contributed by atoms with E-state index < -0.39 is 0 Å². The summed E-state index contributed by atoms with van der Waals surface area (Å²) in [5.41, 5.74) is 3.47. The molecule has 3 fully saturated rings. The maximum Gasteiger partial charge on any atom is 0.130 e. The quantitative estimate of drug-likeness (QED) is 0.295. The Morgan fingerprint density at radius 1 is 0.750 bits per heavy atom. The van der Waals surface area contributed by atoms with Crippen LogP contribution in [-0.2, 0) is 16.1 Å². The van der Waals surface area contributed by atoms with Gasteiger partial charge in [0.1, 0.15) is 11.6 Å². The monoisotopic (exact) mass is 544 g/mol. The Labute approximate surface area is 237 Å². The third kappa shape index (κ3) is 6.42. The Morgan fingerprint density at radius 3 is 2.42 bits per heavy atom. The topological polar surface area (TPSA) is 41.1 Å². The molecular formula is C33H41FN4O2. The lowest BCUT2D eigenvalue weighted by Gasteiger charge is -2.41. The van der Waals surface area contributed by atoms with Crippen LogP contribution >= 0.6 is 0 Å². The average Bonchev–Trinajstić information content (AvgIpc) is 3.44. The number of rotatable bonds is 10. The minimum atomic E-state index is -0.160. The third-order valence-electron chi connectivity index (χ3n) is 8.79. The molecule has 3 saturated heterocycles. The molecule has 0 radical (unpaired) electrons. The summed E-state index contributed by atoms with van der Waals surface area (Å²) in [5.74, 6) is 1.51. The van der Waals surface area contributed by atoms with Crippen molar-refractivity contribution in [3.63, 3.8) is 0 Å². The van der Waals surface area contributed by atoms with Crippen LogP contribution in [0.25, 0.3) is 0 Å². The summed E-state index contributed by atoms with van der Waals surface area (Å²) in [6.45, 7) is 6.80. The fraction of sp³-hybridized carbons (Fsp3) is 0.485. The largest absolute Gasteiger partial charge is 0.379 e. The number of hydrogen-bond acceptors (Lipinski definition) is 6. The van der Waals surface area contributed by atoms with E-state index in [0.29, 0.717) is 37.8 Å². The molecule has 0 bridgehead atoms. The number of ether oxygens (including phenoxy) is 2. The normalized spacial score (nSPS) is 21.6. The molecule has 3 aromatic rings. The molecule has 3 aliphatic heterocycles. The molecule has 0 spiro atoms. The van der Waals surface area contributed by atoms with E-state index in [4.69, 9.17) is 14.5 Å². The molecule has 6 rings (SSSR count). The molecular weight excluding hydrogens is 503 g/mol. The number of anilines is 3. The van der Waals surface area contributed by atoms with Gasteiger partial charge in [-0.15, -0.1) is 0 Å². The SMILES string of the molecule is Fc1cccc(N2CCC[C@@H]3[C@H]2CCN3c2cc(N3CCC(COCCOCc4ccccc4)CC3)ccn2)c1. The van der Waals surface area contributed by atoms with Crippen molar-refractivity contribution >= 4 is 17.2 Å². The molecule has 4 heterocycles. The summed E-state index contributed by atoms with van der Waals surface area (Å²) in [5, 5.41) is 0. The van der Waals surface area contributed by atoms with Gasteiger partial charge < -0.3 is 24.2 Å². The van der Waals surface area contributed by atoms with E-state index in [1.807, 2.05) is 36.5 Å². The van der Waals surface area contributed by atoms with Crippen LogP contribution in [0.4, 0.5) is 21.6 Å². The van der Waals surface area contributed by atoms with Crippen molar-refractivity contribution in [2.24, 2.45) is 5.92 Å². The van der Waals surface area contributed by atoms with Crippen LogP contribution < -0.4 is 14.7 Å². The molecule has 0 N–H and O–H groups in total. The van der Waals surface area contributed by atoms with Gasteiger partial charge in [0.05, 0.1) is 31.9 Å². The molecule has 3 aliphatic rings. The summed E-state index contributed by atoms with van der Waals surface area (Å²) in [6, 6.07) is 22.6. The van der Waals surface area contributed by atoms with Crippen LogP contribution in [0.15, 0.2) is 72.9 Å². The predicted octanol–water partition coefficient (Wildman–Crippen LogP) is 5.92. The molecule has 1 aromatic heterocycles. The fourth-order valence-corrected chi connectivity index (χ4v) is 6.70. The number of halogens is 1. The Bertz CT molecular complexity index is 1220. The second-order valence-corrected chi connectivity index (χ2v) is 11.3. The number of piperidine rings is 2. The Balaban J connectivity index is 0.975. The van der Waals surface area contributed by atoms with E-state index in [9.17, 15) is 4.39 Å². The minimum Gasteiger partial charge on any atom is -0.379 e. The highest BCUT2D eigenvalue weighted by atomic mass is 19.1. The standard InChI is InChI=1S/C33H41FN4O2/c34-28-8-4-9-30(22-28)37-16-5-10-31-32(37)14-19-38(31)33-23-29(11-15-35-33)36-17-12-27(13-18-36)25-40-21-20-39-24-26-6-2-1-3-7-26/h1-4,6-9,11,15,22-23,27,31-32H,5,10,12-14,16-21,24-25H2/t31-,32-/m1/s1. The first kappa shape index (κ1) is 27.0. The van der Waals surface area contributed by atoms with E-state index in [2.05, 4.69) is 39.0 Å². The summed E-state index contributed by atoms with van der Waals surface area (Å²) in [7, 11) is 0. The lowest BCUT2D eigenvalue weighted by Crippen LogP contribution is -2.50. The molecule has 7 heteroatoms. The van der Waals surface area contributed by atoms with Gasteiger partial charge in [0.2, 0.25) is 0 Å². The van der Waals surface area contributed by atoms with Gasteiger partial charge in [-0.25, -0.2) is 9.37 Å². The molecule has 0 saturated carbocycles. The molecule has 0 unspecified atom stereocenters. The van der Waals surface area contributed by atoms with Crippen LogP contribution in [0.2, 0.25) is 0 Å². The second-order valence-electron chi connectivity index (χ2n) is 11.3. The Morgan fingerprint density at radius 2 is 1.57 bits per heavy atom. The zero-order valence-electron chi connectivity index (χ0n) is 23.3. The molecule has 6 nitrogen and oxygen atoms in total. The van der Waals surface area contributed by atoms with Crippen molar-refractivity contribution < 1.29 is 13.9 Å². The van der Waals surface area contributed by atoms with Crippen LogP contribution in [0.1, 0.15) is 37.7 Å². The van der Waals surface area contributed by atoms with Crippen molar-refractivity contribution in [2.45, 2.75) is 50.8 Å². The number of hydrogen-bond donors (Lipinski definition) is 0. The Kier molecular flexibility index (Phi) is 8.79. The molecule has 212 valence electrons. The highest BCUT2D eigenvalue weighted by Crippen LogP contribution is 2.37. The summed E-state index contributed by atoms with van der Waals surface area (Å²) in [6.07, 6.45) is 7.60. The first-order valence-electron chi connectivity index (χ1n) is 14.9. The van der Waals surface area contributed by atoms with Gasteiger partial charge in [0.25, 0.3) is 0 Å². The van der Waals surface area contributed by atoms with Crippen LogP contribution in [-0.4, -0.2) is 63.1 Å². The molecule has 0 amide bonds. The van der Waals surface area contributed by atoms with Gasteiger partial charge in [-0.05, 0) is 67.9 Å². The second kappa shape index (κ2) is 13.0. The predicted molar refractivity (Wildman–Crippen MR) is 159 cm³/mol. The highest BCUT2D eigenvalue weighted by molar-refractivity contribution is 5.58. The number of pyridine rings is 1. The van der Waals surface area contributed by atoms with Gasteiger partial charge in [0.15, 0.2) is 0 Å². The maximum absolute atomic E-state index is 13.9. The van der Waals surface area contributed by atoms with Crippen molar-refractivity contribution in [3.8, 4) is 0 Å². The van der Waals surface area contributed by atoms with Crippen LogP contribution in [0.3, 0.4) is 0 Å². The fourth-order valence-electron chi connectivity index (χ4n) is 6.70. The van der Waals surface area contributed by atoms with Gasteiger partial charge in [-0.2, -0.15) is 0 Å². The number of benzene rings is 2. The minimum absolute atomic E-state index is 0.160. The molecule has 2 aromatic carbocycles. The number of nitrogens with zero attached hydrogens (tertiary/aromatic N) is 4. The zero-order valence-corrected chi connectivity index (χ0v) is 23.3. The van der Waals surface area contributed by atoms with Crippen molar-refractivity contribution in [1.29, 1.82) is 0 Å². The Hall–Kier alpha value is -3.16. The molecule has 0 aliphatic carbocycles. The summed E-state index contributed by atoms with van der Waals surface area (Å²) in [4.78, 5) is 12.2. The van der Waals surface area contributed by atoms with E-state index in [1.165, 1.54) is 17.3 Å². The van der Waals surface area contributed by atoms with Crippen molar-refractivity contribution in [1.82, 2.24) is 4.98 Å². The van der Waals surface area contributed by atoms with Crippen molar-refractivity contribution in [2.75, 3.05) is 60.7 Å². The molecule has 2 atom stereocenters. The lowest BCUT2D eigenvalue weighted by molar-refractivity contribution is 0.0242. The van der Waals surface area contributed by atoms with E-state index in [1.54, 1.807) is 6.07 Å². The zero-order chi connectivity index (χ0) is 27.1. The van der Waals surface area contributed by atoms with E-state index in [-0.39, 0.29) is 5.82 Å². The third-order valence-corrected chi connectivity index (χ3v) is 8.79. The van der Waals surface area contributed by atoms with Gasteiger partial charge in [-0.3, -0.25) is 0 Å². The van der Waals surface area contributed by atoms with Gasteiger partial charge in [-0.1, -0.05) is 36.4 Å². The summed E-state index contributed by atoms with van der Waals surface area (Å²) < 4.78 is 25.6. The van der Waals surface area contributed by atoms with Gasteiger partial charge in [0, 0.05) is 56.4 Å². The highest BCUT2D eigenvalue weighted by Gasteiger charge is 2.41. The van der Waals surface area contributed by atoms with Crippen LogP contribution in [0.5, 0.6) is 0 Å². The first-order valence-corrected chi connectivity index (χ1v) is 14.9.